The highest BCUT2D eigenvalue weighted by atomic mass is 16.5. The van der Waals surface area contributed by atoms with Crippen LogP contribution in [0.2, 0.25) is 0 Å². The van der Waals surface area contributed by atoms with Gasteiger partial charge in [-0.15, -0.1) is 0 Å². The minimum Gasteiger partial charge on any atom is -0.449 e. The van der Waals surface area contributed by atoms with Crippen molar-refractivity contribution in [3.8, 4) is 11.3 Å². The zero-order valence-electron chi connectivity index (χ0n) is 20.2. The van der Waals surface area contributed by atoms with Crippen molar-refractivity contribution in [2.45, 2.75) is 59.0 Å². The van der Waals surface area contributed by atoms with Crippen LogP contribution in [0.3, 0.4) is 0 Å². The van der Waals surface area contributed by atoms with Gasteiger partial charge in [-0.3, -0.25) is 4.79 Å². The number of nitrogens with zero attached hydrogens (tertiary/aromatic N) is 1. The predicted molar refractivity (Wildman–Crippen MR) is 136 cm³/mol. The van der Waals surface area contributed by atoms with Crippen LogP contribution in [-0.2, 0) is 9.53 Å². The summed E-state index contributed by atoms with van der Waals surface area (Å²) in [7, 11) is 0. The lowest BCUT2D eigenvalue weighted by molar-refractivity contribution is -0.129. The van der Waals surface area contributed by atoms with E-state index in [1.54, 1.807) is 13.0 Å². The van der Waals surface area contributed by atoms with Crippen molar-refractivity contribution in [3.63, 3.8) is 0 Å². The van der Waals surface area contributed by atoms with E-state index in [2.05, 4.69) is 17.5 Å². The molecule has 5 heteroatoms. The Morgan fingerprint density at radius 3 is 2.68 bits per heavy atom. The molecule has 0 saturated carbocycles. The smallest absolute Gasteiger partial charge is 0.339 e. The van der Waals surface area contributed by atoms with Gasteiger partial charge in [-0.1, -0.05) is 53.6 Å². The summed E-state index contributed by atoms with van der Waals surface area (Å²) in [6.45, 7) is 6.25. The summed E-state index contributed by atoms with van der Waals surface area (Å²) in [5.41, 5.74) is 6.45. The SMILES string of the molecule is Cc1ccc(-c2cc(C(=O)O[C@@H](C)C(=O)NCCC3=CCCCC3)c3ccccc3n2)c(C)c1. The Labute approximate surface area is 201 Å². The van der Waals surface area contributed by atoms with Crippen LogP contribution in [0.4, 0.5) is 0 Å². The molecular formula is C29H32N2O3. The van der Waals surface area contributed by atoms with Gasteiger partial charge in [0.1, 0.15) is 0 Å². The fourth-order valence-electron chi connectivity index (χ4n) is 4.48. The number of esters is 1. The molecule has 1 N–H and O–H groups in total. The van der Waals surface area contributed by atoms with Crippen molar-refractivity contribution in [2.75, 3.05) is 6.54 Å². The second-order valence-electron chi connectivity index (χ2n) is 9.09. The van der Waals surface area contributed by atoms with Gasteiger partial charge in [-0.05, 0) is 70.6 Å². The number of ether oxygens (including phenoxy) is 1. The van der Waals surface area contributed by atoms with Crippen LogP contribution < -0.4 is 5.32 Å². The monoisotopic (exact) mass is 456 g/mol. The first-order valence-electron chi connectivity index (χ1n) is 12.1. The molecule has 2 aromatic carbocycles. The molecule has 5 nitrogen and oxygen atoms in total. The second-order valence-corrected chi connectivity index (χ2v) is 9.09. The molecule has 1 aromatic heterocycles. The van der Waals surface area contributed by atoms with Crippen molar-refractivity contribution in [1.29, 1.82) is 0 Å². The maximum atomic E-state index is 13.2. The summed E-state index contributed by atoms with van der Waals surface area (Å²) >= 11 is 0. The summed E-state index contributed by atoms with van der Waals surface area (Å²) in [5.74, 6) is -0.806. The molecule has 4 rings (SSSR count). The number of fused-ring (bicyclic) bond motifs is 1. The fourth-order valence-corrected chi connectivity index (χ4v) is 4.48. The van der Waals surface area contributed by atoms with E-state index < -0.39 is 12.1 Å². The van der Waals surface area contributed by atoms with E-state index in [4.69, 9.17) is 9.72 Å². The summed E-state index contributed by atoms with van der Waals surface area (Å²) in [5, 5.41) is 3.61. The normalized spacial score (nSPS) is 14.4. The van der Waals surface area contributed by atoms with Gasteiger partial charge in [0.15, 0.2) is 6.10 Å². The Hall–Kier alpha value is -3.47. The maximum absolute atomic E-state index is 13.2. The molecule has 1 aliphatic carbocycles. The summed E-state index contributed by atoms with van der Waals surface area (Å²) in [6, 6.07) is 15.4. The number of allylic oxidation sites excluding steroid dienone is 1. The van der Waals surface area contributed by atoms with Crippen LogP contribution in [0, 0.1) is 13.8 Å². The van der Waals surface area contributed by atoms with E-state index >= 15 is 0 Å². The fraction of sp³-hybridized carbons (Fsp3) is 0.345. The van der Waals surface area contributed by atoms with E-state index in [1.165, 1.54) is 24.0 Å². The Bertz CT molecular complexity index is 1250. The number of pyridine rings is 1. The third kappa shape index (κ3) is 5.53. The average Bonchev–Trinajstić information content (AvgIpc) is 2.84. The number of carbonyl (C=O) groups excluding carboxylic acids is 2. The topological polar surface area (TPSA) is 68.3 Å². The zero-order valence-corrected chi connectivity index (χ0v) is 20.2. The zero-order chi connectivity index (χ0) is 24.1. The minimum atomic E-state index is -0.885. The lowest BCUT2D eigenvalue weighted by atomic mass is 9.97. The van der Waals surface area contributed by atoms with Crippen molar-refractivity contribution >= 4 is 22.8 Å². The molecule has 0 bridgehead atoms. The van der Waals surface area contributed by atoms with Crippen molar-refractivity contribution in [1.82, 2.24) is 10.3 Å². The van der Waals surface area contributed by atoms with E-state index in [0.29, 0.717) is 28.7 Å². The average molecular weight is 457 g/mol. The molecule has 0 fully saturated rings. The number of nitrogens with one attached hydrogen (secondary N) is 1. The third-order valence-electron chi connectivity index (χ3n) is 6.38. The number of benzene rings is 2. The highest BCUT2D eigenvalue weighted by molar-refractivity contribution is 6.05. The van der Waals surface area contributed by atoms with Gasteiger partial charge in [-0.2, -0.15) is 0 Å². The van der Waals surface area contributed by atoms with Crippen molar-refractivity contribution in [2.24, 2.45) is 0 Å². The molecule has 1 amide bonds. The molecule has 3 aromatic rings. The highest BCUT2D eigenvalue weighted by Gasteiger charge is 2.22. The molecule has 0 spiro atoms. The van der Waals surface area contributed by atoms with Crippen LogP contribution in [0.25, 0.3) is 22.2 Å². The minimum absolute atomic E-state index is 0.280. The van der Waals surface area contributed by atoms with Crippen molar-refractivity contribution < 1.29 is 14.3 Å². The predicted octanol–water partition coefficient (Wildman–Crippen LogP) is 6.07. The number of carbonyl (C=O) groups is 2. The number of rotatable bonds is 7. The first-order valence-corrected chi connectivity index (χ1v) is 12.1. The van der Waals surface area contributed by atoms with Crippen LogP contribution >= 0.6 is 0 Å². The van der Waals surface area contributed by atoms with Crippen LogP contribution in [0.1, 0.15) is 60.5 Å². The van der Waals surface area contributed by atoms with E-state index in [-0.39, 0.29) is 5.91 Å². The highest BCUT2D eigenvalue weighted by Crippen LogP contribution is 2.28. The molecule has 0 aliphatic heterocycles. The van der Waals surface area contributed by atoms with Gasteiger partial charge in [-0.25, -0.2) is 9.78 Å². The Kier molecular flexibility index (Phi) is 7.41. The molecule has 0 radical (unpaired) electrons. The molecule has 1 atom stereocenters. The Balaban J connectivity index is 1.51. The molecule has 0 unspecified atom stereocenters. The second kappa shape index (κ2) is 10.6. The Morgan fingerprint density at radius 1 is 1.09 bits per heavy atom. The maximum Gasteiger partial charge on any atom is 0.339 e. The number of aryl methyl sites for hydroxylation is 2. The van der Waals surface area contributed by atoms with E-state index in [0.717, 1.165) is 30.4 Å². The standard InChI is InChI=1S/C29H32N2O3/c1-19-13-14-23(20(2)17-19)27-18-25(24-11-7-8-12-26(24)31-27)29(33)34-21(3)28(32)30-16-15-22-9-5-4-6-10-22/h7-9,11-14,17-18,21H,4-6,10,15-16H2,1-3H3,(H,30,32)/t21-/m0/s1. The summed E-state index contributed by atoms with van der Waals surface area (Å²) < 4.78 is 5.60. The first-order chi connectivity index (χ1) is 16.4. The number of hydrogen-bond acceptors (Lipinski definition) is 4. The van der Waals surface area contributed by atoms with Crippen LogP contribution in [0.15, 0.2) is 60.2 Å². The number of amides is 1. The van der Waals surface area contributed by atoms with Gasteiger partial charge in [0.25, 0.3) is 5.91 Å². The van der Waals surface area contributed by atoms with Gasteiger partial charge < -0.3 is 10.1 Å². The number of aromatic nitrogens is 1. The molecule has 1 aliphatic rings. The molecule has 0 saturated heterocycles. The van der Waals surface area contributed by atoms with Crippen LogP contribution in [0.5, 0.6) is 0 Å². The quantitative estimate of drug-likeness (QED) is 0.346. The van der Waals surface area contributed by atoms with Crippen LogP contribution in [-0.4, -0.2) is 29.5 Å². The number of hydrogen-bond donors (Lipinski definition) is 1. The Morgan fingerprint density at radius 2 is 1.91 bits per heavy atom. The largest absolute Gasteiger partial charge is 0.449 e. The first kappa shape index (κ1) is 23.7. The van der Waals surface area contributed by atoms with Gasteiger partial charge in [0, 0.05) is 17.5 Å². The lowest BCUT2D eigenvalue weighted by Gasteiger charge is -2.16. The molecule has 176 valence electrons. The van der Waals surface area contributed by atoms with E-state index in [1.807, 2.05) is 50.2 Å². The molecule has 1 heterocycles. The van der Waals surface area contributed by atoms with Crippen molar-refractivity contribution in [3.05, 3.63) is 76.9 Å². The van der Waals surface area contributed by atoms with Gasteiger partial charge in [0.2, 0.25) is 0 Å². The third-order valence-corrected chi connectivity index (χ3v) is 6.38. The lowest BCUT2D eigenvalue weighted by Crippen LogP contribution is -2.36. The summed E-state index contributed by atoms with van der Waals surface area (Å²) in [4.78, 5) is 30.5. The van der Waals surface area contributed by atoms with E-state index in [9.17, 15) is 9.59 Å². The molecule has 34 heavy (non-hydrogen) atoms. The summed E-state index contributed by atoms with van der Waals surface area (Å²) in [6.07, 6.45) is 6.95. The van der Waals surface area contributed by atoms with Gasteiger partial charge in [0.05, 0.1) is 16.8 Å². The number of para-hydroxylation sites is 1. The van der Waals surface area contributed by atoms with Gasteiger partial charge >= 0.3 is 5.97 Å². The molecular weight excluding hydrogens is 424 g/mol.